The highest BCUT2D eigenvalue weighted by molar-refractivity contribution is 5.46. The van der Waals surface area contributed by atoms with E-state index in [2.05, 4.69) is 30.1 Å². The smallest absolute Gasteiger partial charge is 0.161 e. The Morgan fingerprint density at radius 2 is 1.74 bits per heavy atom. The fourth-order valence-electron chi connectivity index (χ4n) is 2.25. The van der Waals surface area contributed by atoms with Crippen LogP contribution in [0.25, 0.3) is 0 Å². The zero-order chi connectivity index (χ0) is 13.7. The van der Waals surface area contributed by atoms with Gasteiger partial charge >= 0.3 is 0 Å². The predicted octanol–water partition coefficient (Wildman–Crippen LogP) is 1.60. The first-order valence-corrected chi connectivity index (χ1v) is 6.92. The molecule has 1 fully saturated rings. The van der Waals surface area contributed by atoms with Crippen LogP contribution in [0.3, 0.4) is 0 Å². The van der Waals surface area contributed by atoms with E-state index in [9.17, 15) is 0 Å². The molecule has 1 aromatic rings. The molecule has 1 heterocycles. The molecule has 4 nitrogen and oxygen atoms in total. The summed E-state index contributed by atoms with van der Waals surface area (Å²) in [6.45, 7) is 10.2. The van der Waals surface area contributed by atoms with Gasteiger partial charge in [0.2, 0.25) is 0 Å². The Morgan fingerprint density at radius 1 is 1.11 bits per heavy atom. The molecule has 0 aliphatic carbocycles. The van der Waals surface area contributed by atoms with Crippen LogP contribution in [0.1, 0.15) is 11.1 Å². The molecule has 19 heavy (non-hydrogen) atoms. The maximum Gasteiger partial charge on any atom is 0.161 e. The molecule has 0 aromatic heterocycles. The normalized spacial score (nSPS) is 16.4. The van der Waals surface area contributed by atoms with Crippen LogP contribution in [-0.2, 0) is 0 Å². The van der Waals surface area contributed by atoms with Gasteiger partial charge in [0.25, 0.3) is 0 Å². The van der Waals surface area contributed by atoms with Gasteiger partial charge < -0.3 is 14.8 Å². The van der Waals surface area contributed by atoms with E-state index in [1.165, 1.54) is 11.1 Å². The summed E-state index contributed by atoms with van der Waals surface area (Å²) in [5, 5.41) is 3.35. The van der Waals surface area contributed by atoms with Crippen molar-refractivity contribution in [3.63, 3.8) is 0 Å². The number of nitrogens with one attached hydrogen (secondary N) is 1. The minimum Gasteiger partial charge on any atom is -0.493 e. The van der Waals surface area contributed by atoms with Gasteiger partial charge in [0.15, 0.2) is 11.5 Å². The highest BCUT2D eigenvalue weighted by Crippen LogP contribution is 2.30. The lowest BCUT2D eigenvalue weighted by Gasteiger charge is -2.27. The van der Waals surface area contributed by atoms with Crippen LogP contribution >= 0.6 is 0 Å². The van der Waals surface area contributed by atoms with E-state index < -0.39 is 0 Å². The van der Waals surface area contributed by atoms with Crippen LogP contribution in [0.2, 0.25) is 0 Å². The number of hydrogen-bond donors (Lipinski definition) is 1. The van der Waals surface area contributed by atoms with Crippen molar-refractivity contribution in [3.05, 3.63) is 23.3 Å². The first kappa shape index (κ1) is 14.2. The van der Waals surface area contributed by atoms with Gasteiger partial charge in [0.05, 0.1) is 7.11 Å². The molecular weight excluding hydrogens is 240 g/mol. The summed E-state index contributed by atoms with van der Waals surface area (Å²) in [7, 11) is 1.69. The quantitative estimate of drug-likeness (QED) is 0.876. The van der Waals surface area contributed by atoms with E-state index in [1.54, 1.807) is 7.11 Å². The molecule has 0 amide bonds. The van der Waals surface area contributed by atoms with Gasteiger partial charge in [-0.1, -0.05) is 0 Å². The summed E-state index contributed by atoms with van der Waals surface area (Å²) in [6.07, 6.45) is 0. The maximum absolute atomic E-state index is 5.88. The highest BCUT2D eigenvalue weighted by Gasteiger charge is 2.11. The molecule has 106 valence electrons. The van der Waals surface area contributed by atoms with E-state index in [-0.39, 0.29) is 0 Å². The zero-order valence-corrected chi connectivity index (χ0v) is 12.2. The van der Waals surface area contributed by atoms with Gasteiger partial charge in [-0.2, -0.15) is 0 Å². The minimum absolute atomic E-state index is 0.707. The van der Waals surface area contributed by atoms with Crippen LogP contribution in [0.5, 0.6) is 11.5 Å². The average Bonchev–Trinajstić information content (AvgIpc) is 2.43. The molecule has 0 radical (unpaired) electrons. The Balaban J connectivity index is 1.89. The molecule has 1 aromatic carbocycles. The molecule has 1 N–H and O–H groups in total. The van der Waals surface area contributed by atoms with Crippen LogP contribution in [-0.4, -0.2) is 51.3 Å². The standard InChI is InChI=1S/C15H24N2O2/c1-12-10-14(18-3)15(11-13(12)2)19-9-8-17-6-4-16-5-7-17/h10-11,16H,4-9H2,1-3H3. The second-order valence-corrected chi connectivity index (χ2v) is 5.03. The zero-order valence-electron chi connectivity index (χ0n) is 12.2. The molecule has 0 unspecified atom stereocenters. The molecule has 0 atom stereocenters. The van der Waals surface area contributed by atoms with Crippen LogP contribution in [0.4, 0.5) is 0 Å². The average molecular weight is 264 g/mol. The third-order valence-corrected chi connectivity index (χ3v) is 3.65. The van der Waals surface area contributed by atoms with E-state index >= 15 is 0 Å². The largest absolute Gasteiger partial charge is 0.493 e. The number of benzene rings is 1. The first-order chi connectivity index (χ1) is 9.20. The Morgan fingerprint density at radius 3 is 2.37 bits per heavy atom. The van der Waals surface area contributed by atoms with Crippen molar-refractivity contribution in [3.8, 4) is 11.5 Å². The summed E-state index contributed by atoms with van der Waals surface area (Å²) in [5.74, 6) is 1.67. The van der Waals surface area contributed by atoms with Crippen molar-refractivity contribution < 1.29 is 9.47 Å². The summed E-state index contributed by atoms with van der Waals surface area (Å²) in [4.78, 5) is 2.42. The Bertz CT molecular complexity index is 415. The first-order valence-electron chi connectivity index (χ1n) is 6.92. The van der Waals surface area contributed by atoms with Crippen molar-refractivity contribution in [2.24, 2.45) is 0 Å². The van der Waals surface area contributed by atoms with E-state index in [0.717, 1.165) is 44.2 Å². The Labute approximate surface area is 115 Å². The van der Waals surface area contributed by atoms with Gasteiger partial charge in [-0.25, -0.2) is 0 Å². The molecule has 1 aliphatic rings. The number of methoxy groups -OCH3 is 1. The van der Waals surface area contributed by atoms with Crippen molar-refractivity contribution in [1.29, 1.82) is 0 Å². The molecule has 0 saturated carbocycles. The van der Waals surface area contributed by atoms with E-state index in [4.69, 9.17) is 9.47 Å². The third-order valence-electron chi connectivity index (χ3n) is 3.65. The fourth-order valence-corrected chi connectivity index (χ4v) is 2.25. The lowest BCUT2D eigenvalue weighted by Crippen LogP contribution is -2.44. The lowest BCUT2D eigenvalue weighted by molar-refractivity contribution is 0.188. The molecule has 2 rings (SSSR count). The monoisotopic (exact) mass is 264 g/mol. The van der Waals surface area contributed by atoms with E-state index in [1.807, 2.05) is 6.07 Å². The molecule has 1 saturated heterocycles. The second kappa shape index (κ2) is 6.78. The van der Waals surface area contributed by atoms with Gasteiger partial charge in [0.1, 0.15) is 6.61 Å². The molecular formula is C15H24N2O2. The number of rotatable bonds is 5. The van der Waals surface area contributed by atoms with Crippen LogP contribution in [0.15, 0.2) is 12.1 Å². The third kappa shape index (κ3) is 3.85. The molecule has 1 aliphatic heterocycles. The van der Waals surface area contributed by atoms with Crippen LogP contribution < -0.4 is 14.8 Å². The second-order valence-electron chi connectivity index (χ2n) is 5.03. The maximum atomic E-state index is 5.88. The van der Waals surface area contributed by atoms with Crippen LogP contribution in [0, 0.1) is 13.8 Å². The fraction of sp³-hybridized carbons (Fsp3) is 0.600. The lowest BCUT2D eigenvalue weighted by atomic mass is 10.1. The summed E-state index contributed by atoms with van der Waals surface area (Å²) in [6, 6.07) is 4.10. The Hall–Kier alpha value is -1.26. The Kier molecular flexibility index (Phi) is 5.05. The van der Waals surface area contributed by atoms with E-state index in [0.29, 0.717) is 6.61 Å². The minimum atomic E-state index is 0.707. The summed E-state index contributed by atoms with van der Waals surface area (Å²) in [5.41, 5.74) is 2.46. The van der Waals surface area contributed by atoms with Gasteiger partial charge in [-0.05, 0) is 37.1 Å². The van der Waals surface area contributed by atoms with Crippen molar-refractivity contribution in [1.82, 2.24) is 10.2 Å². The summed E-state index contributed by atoms with van der Waals surface area (Å²) < 4.78 is 11.3. The van der Waals surface area contributed by atoms with Gasteiger partial charge in [-0.15, -0.1) is 0 Å². The number of piperazine rings is 1. The van der Waals surface area contributed by atoms with Gasteiger partial charge in [0, 0.05) is 32.7 Å². The van der Waals surface area contributed by atoms with Crippen molar-refractivity contribution in [2.45, 2.75) is 13.8 Å². The predicted molar refractivity (Wildman–Crippen MR) is 77.3 cm³/mol. The number of aryl methyl sites for hydroxylation is 2. The van der Waals surface area contributed by atoms with Crippen molar-refractivity contribution >= 4 is 0 Å². The molecule has 4 heteroatoms. The van der Waals surface area contributed by atoms with Gasteiger partial charge in [-0.3, -0.25) is 4.90 Å². The highest BCUT2D eigenvalue weighted by atomic mass is 16.5. The SMILES string of the molecule is COc1cc(C)c(C)cc1OCCN1CCNCC1. The summed E-state index contributed by atoms with van der Waals surface area (Å²) >= 11 is 0. The topological polar surface area (TPSA) is 33.7 Å². The number of hydrogen-bond acceptors (Lipinski definition) is 4. The number of nitrogens with zero attached hydrogens (tertiary/aromatic N) is 1. The molecule has 0 bridgehead atoms. The molecule has 0 spiro atoms. The van der Waals surface area contributed by atoms with Crippen molar-refractivity contribution in [2.75, 3.05) is 46.4 Å². The number of ether oxygens (including phenoxy) is 2.